The number of carboxylic acids is 1. The van der Waals surface area contributed by atoms with Gasteiger partial charge in [0, 0.05) is 31.5 Å². The number of rotatable bonds is 5. The van der Waals surface area contributed by atoms with Crippen molar-refractivity contribution in [1.82, 2.24) is 10.2 Å². The summed E-state index contributed by atoms with van der Waals surface area (Å²) < 4.78 is 6.07. The number of hydrogen-bond acceptors (Lipinski definition) is 3. The first-order chi connectivity index (χ1) is 14.4. The molecule has 2 heterocycles. The number of carbonyl (C=O) groups excluding carboxylic acids is 1. The van der Waals surface area contributed by atoms with Gasteiger partial charge in [-0.05, 0) is 54.8 Å². The highest BCUT2D eigenvalue weighted by Crippen LogP contribution is 2.37. The molecular weight excluding hydrogens is 427 g/mol. The predicted molar refractivity (Wildman–Crippen MR) is 114 cm³/mol. The van der Waals surface area contributed by atoms with Gasteiger partial charge in [-0.15, -0.1) is 0 Å². The lowest BCUT2D eigenvalue weighted by molar-refractivity contribution is 0.0686. The molecule has 2 fully saturated rings. The Morgan fingerprint density at radius 3 is 2.30 bits per heavy atom. The molecule has 2 bridgehead atoms. The number of halogens is 2. The lowest BCUT2D eigenvalue weighted by Gasteiger charge is -2.38. The van der Waals surface area contributed by atoms with Gasteiger partial charge in [-0.2, -0.15) is 0 Å². The number of ether oxygens (including phenoxy) is 1. The van der Waals surface area contributed by atoms with Gasteiger partial charge >= 0.3 is 12.0 Å². The molecule has 0 spiro atoms. The van der Waals surface area contributed by atoms with Gasteiger partial charge in [-0.25, -0.2) is 9.59 Å². The van der Waals surface area contributed by atoms with Gasteiger partial charge in [0.25, 0.3) is 0 Å². The van der Waals surface area contributed by atoms with Crippen LogP contribution in [0.15, 0.2) is 42.5 Å². The summed E-state index contributed by atoms with van der Waals surface area (Å²) in [4.78, 5) is 25.7. The number of hydrogen-bond donors (Lipinski definition) is 2. The number of carboxylic acid groups (broad SMARTS) is 1. The fraction of sp³-hybridized carbons (Fsp3) is 0.364. The maximum absolute atomic E-state index is 12.8. The second-order valence-electron chi connectivity index (χ2n) is 7.74. The molecule has 2 atom stereocenters. The standard InChI is InChI=1S/C22H22Cl2N2O4/c23-19-8-1-13(9-20(19)24)12-25-22(29)26-15-4-5-16(26)11-18(10-15)30-17-6-2-14(3-7-17)21(27)28/h1-3,6-9,15-16,18H,4-5,10-12H2,(H,25,29)(H,27,28)/t15-,16-/m0/s1. The second kappa shape index (κ2) is 8.74. The Morgan fingerprint density at radius 2 is 1.70 bits per heavy atom. The van der Waals surface area contributed by atoms with Crippen LogP contribution in [0.3, 0.4) is 0 Å². The van der Waals surface area contributed by atoms with Crippen molar-refractivity contribution in [2.75, 3.05) is 0 Å². The molecule has 4 rings (SSSR count). The van der Waals surface area contributed by atoms with Gasteiger partial charge in [-0.1, -0.05) is 29.3 Å². The summed E-state index contributed by atoms with van der Waals surface area (Å²) in [5, 5.41) is 12.9. The third-order valence-corrected chi connectivity index (χ3v) is 6.50. The third-order valence-electron chi connectivity index (χ3n) is 5.76. The van der Waals surface area contributed by atoms with Crippen molar-refractivity contribution in [2.45, 2.75) is 50.4 Å². The Balaban J connectivity index is 1.33. The summed E-state index contributed by atoms with van der Waals surface area (Å²) in [5.74, 6) is -0.304. The quantitative estimate of drug-likeness (QED) is 0.675. The molecule has 30 heavy (non-hydrogen) atoms. The van der Waals surface area contributed by atoms with Gasteiger partial charge in [0.05, 0.1) is 15.6 Å². The Kier molecular flexibility index (Phi) is 6.06. The molecule has 0 radical (unpaired) electrons. The maximum atomic E-state index is 12.8. The average molecular weight is 449 g/mol. The molecule has 0 aliphatic carbocycles. The number of nitrogens with zero attached hydrogens (tertiary/aromatic N) is 1. The zero-order valence-electron chi connectivity index (χ0n) is 16.2. The van der Waals surface area contributed by atoms with Gasteiger partial charge in [-0.3, -0.25) is 0 Å². The average Bonchev–Trinajstić information content (AvgIpc) is 3.00. The van der Waals surface area contributed by atoms with E-state index in [0.717, 1.165) is 31.2 Å². The summed E-state index contributed by atoms with van der Waals surface area (Å²) in [6, 6.07) is 12.0. The monoisotopic (exact) mass is 448 g/mol. The molecule has 0 unspecified atom stereocenters. The van der Waals surface area contributed by atoms with Gasteiger partial charge < -0.3 is 20.1 Å². The van der Waals surface area contributed by atoms with E-state index in [1.807, 2.05) is 11.0 Å². The Morgan fingerprint density at radius 1 is 1.03 bits per heavy atom. The van der Waals surface area contributed by atoms with E-state index in [1.54, 1.807) is 24.3 Å². The van der Waals surface area contributed by atoms with E-state index in [4.69, 9.17) is 33.0 Å². The minimum Gasteiger partial charge on any atom is -0.490 e. The van der Waals surface area contributed by atoms with Crippen LogP contribution in [0.4, 0.5) is 4.79 Å². The van der Waals surface area contributed by atoms with Crippen molar-refractivity contribution in [2.24, 2.45) is 0 Å². The SMILES string of the molecule is O=C(O)c1ccc(OC2C[C@@H]3CC[C@@H](C2)N3C(=O)NCc2ccc(Cl)c(Cl)c2)cc1. The Labute approximate surface area is 184 Å². The Bertz CT molecular complexity index is 937. The molecule has 0 aromatic heterocycles. The smallest absolute Gasteiger partial charge is 0.335 e. The molecule has 2 amide bonds. The molecule has 158 valence electrons. The zero-order valence-corrected chi connectivity index (χ0v) is 17.7. The molecule has 0 saturated carbocycles. The van der Waals surface area contributed by atoms with Crippen LogP contribution in [0.5, 0.6) is 5.75 Å². The van der Waals surface area contributed by atoms with Crippen molar-refractivity contribution in [3.05, 3.63) is 63.6 Å². The van der Waals surface area contributed by atoms with Crippen LogP contribution in [0.25, 0.3) is 0 Å². The minimum absolute atomic E-state index is 0.0114. The molecule has 6 nitrogen and oxygen atoms in total. The first-order valence-electron chi connectivity index (χ1n) is 9.91. The van der Waals surface area contributed by atoms with E-state index in [9.17, 15) is 9.59 Å². The van der Waals surface area contributed by atoms with Crippen LogP contribution >= 0.6 is 23.2 Å². The Hall–Kier alpha value is -2.44. The van der Waals surface area contributed by atoms with Crippen LogP contribution in [0, 0.1) is 0 Å². The molecule has 2 N–H and O–H groups in total. The summed E-state index contributed by atoms with van der Waals surface area (Å²) in [6.45, 7) is 0.390. The fourth-order valence-electron chi connectivity index (χ4n) is 4.34. The van der Waals surface area contributed by atoms with Crippen LogP contribution in [0.1, 0.15) is 41.6 Å². The topological polar surface area (TPSA) is 78.9 Å². The molecular formula is C22H22Cl2N2O4. The molecule has 2 aromatic carbocycles. The molecule has 8 heteroatoms. The lowest BCUT2D eigenvalue weighted by atomic mass is 10.00. The maximum Gasteiger partial charge on any atom is 0.335 e. The van der Waals surface area contributed by atoms with Crippen LogP contribution in [-0.2, 0) is 6.54 Å². The van der Waals surface area contributed by atoms with E-state index in [2.05, 4.69) is 5.32 Å². The van der Waals surface area contributed by atoms with Crippen molar-refractivity contribution in [3.63, 3.8) is 0 Å². The minimum atomic E-state index is -0.959. The van der Waals surface area contributed by atoms with E-state index in [1.165, 1.54) is 12.1 Å². The van der Waals surface area contributed by atoms with Crippen molar-refractivity contribution in [3.8, 4) is 5.75 Å². The number of carbonyl (C=O) groups is 2. The van der Waals surface area contributed by atoms with E-state index < -0.39 is 5.97 Å². The molecule has 2 aliphatic rings. The summed E-state index contributed by atoms with van der Waals surface area (Å²) in [5.41, 5.74) is 1.13. The number of aromatic carboxylic acids is 1. The van der Waals surface area contributed by atoms with E-state index in [0.29, 0.717) is 22.3 Å². The highest BCUT2D eigenvalue weighted by molar-refractivity contribution is 6.42. The van der Waals surface area contributed by atoms with E-state index >= 15 is 0 Å². The number of piperidine rings is 1. The van der Waals surface area contributed by atoms with Gasteiger partial charge in [0.1, 0.15) is 11.9 Å². The van der Waals surface area contributed by atoms with Crippen LogP contribution in [0.2, 0.25) is 10.0 Å². The van der Waals surface area contributed by atoms with Gasteiger partial charge in [0.2, 0.25) is 0 Å². The molecule has 2 aromatic rings. The second-order valence-corrected chi connectivity index (χ2v) is 8.55. The number of nitrogens with one attached hydrogen (secondary N) is 1. The van der Waals surface area contributed by atoms with Crippen molar-refractivity contribution >= 4 is 35.2 Å². The third kappa shape index (κ3) is 4.50. The first kappa shape index (κ1) is 20.8. The number of amides is 2. The van der Waals surface area contributed by atoms with Crippen molar-refractivity contribution in [1.29, 1.82) is 0 Å². The fourth-order valence-corrected chi connectivity index (χ4v) is 4.66. The first-order valence-corrected chi connectivity index (χ1v) is 10.7. The lowest BCUT2D eigenvalue weighted by Crippen LogP contribution is -2.52. The van der Waals surface area contributed by atoms with Gasteiger partial charge in [0.15, 0.2) is 0 Å². The number of benzene rings is 2. The molecule has 2 saturated heterocycles. The van der Waals surface area contributed by atoms with Crippen LogP contribution in [-0.4, -0.2) is 40.2 Å². The highest BCUT2D eigenvalue weighted by atomic mass is 35.5. The normalized spacial score (nSPS) is 22.6. The largest absolute Gasteiger partial charge is 0.490 e. The summed E-state index contributed by atoms with van der Waals surface area (Å²) in [6.07, 6.45) is 3.46. The number of fused-ring (bicyclic) bond motifs is 2. The summed E-state index contributed by atoms with van der Waals surface area (Å²) >= 11 is 12.0. The zero-order chi connectivity index (χ0) is 21.3. The summed E-state index contributed by atoms with van der Waals surface area (Å²) in [7, 11) is 0. The predicted octanol–water partition coefficient (Wildman–Crippen LogP) is 4.98. The highest BCUT2D eigenvalue weighted by Gasteiger charge is 2.44. The molecule has 2 aliphatic heterocycles. The van der Waals surface area contributed by atoms with Crippen molar-refractivity contribution < 1.29 is 19.4 Å². The van der Waals surface area contributed by atoms with E-state index in [-0.39, 0.29) is 29.8 Å². The number of urea groups is 1. The van der Waals surface area contributed by atoms with Crippen LogP contribution < -0.4 is 10.1 Å².